The van der Waals surface area contributed by atoms with Gasteiger partial charge in [-0.3, -0.25) is 15.0 Å². The maximum Gasteiger partial charge on any atom is 0.318 e. The molecule has 0 spiro atoms. The number of rotatable bonds is 4. The van der Waals surface area contributed by atoms with Crippen LogP contribution in [0.4, 0.5) is 4.79 Å². The molecule has 0 saturated carbocycles. The number of nitrogens with two attached hydrogens (primary N) is 1. The molecule has 1 atom stereocenters. The van der Waals surface area contributed by atoms with Gasteiger partial charge in [0.15, 0.2) is 0 Å². The van der Waals surface area contributed by atoms with E-state index >= 15 is 0 Å². The second-order valence-corrected chi connectivity index (χ2v) is 4.41. The van der Waals surface area contributed by atoms with Gasteiger partial charge in [0.2, 0.25) is 5.91 Å². The summed E-state index contributed by atoms with van der Waals surface area (Å²) < 4.78 is 0. The first-order chi connectivity index (χ1) is 7.38. The molecule has 3 amide bonds. The van der Waals surface area contributed by atoms with Gasteiger partial charge in [0.25, 0.3) is 0 Å². The summed E-state index contributed by atoms with van der Waals surface area (Å²) in [6, 6.07) is -1.29. The Bertz CT molecular complexity index is 287. The number of carbonyl (C=O) groups is 2. The summed E-state index contributed by atoms with van der Waals surface area (Å²) in [6.45, 7) is 4.62. The van der Waals surface area contributed by atoms with Crippen LogP contribution in [0.3, 0.4) is 0 Å². The van der Waals surface area contributed by atoms with Crippen molar-refractivity contribution in [1.82, 2.24) is 10.2 Å². The van der Waals surface area contributed by atoms with Gasteiger partial charge in [-0.15, -0.1) is 0 Å². The predicted octanol–water partition coefficient (Wildman–Crippen LogP) is -0.583. The van der Waals surface area contributed by atoms with Crippen LogP contribution in [0, 0.1) is 0 Å². The molecule has 0 aliphatic carbocycles. The molecule has 1 unspecified atom stereocenters. The standard InChI is InChI=1S/C10H19N3O3/c1-3-4-10(16)5-13(6-10)7(2)8(14)12-9(11)15/h7,16H,3-6H2,1-2H3,(H3,11,12,14,15). The van der Waals surface area contributed by atoms with E-state index in [9.17, 15) is 14.7 Å². The van der Waals surface area contributed by atoms with E-state index in [4.69, 9.17) is 5.73 Å². The summed E-state index contributed by atoms with van der Waals surface area (Å²) in [7, 11) is 0. The van der Waals surface area contributed by atoms with Crippen molar-refractivity contribution in [2.24, 2.45) is 5.73 Å². The molecule has 1 rings (SSSR count). The van der Waals surface area contributed by atoms with Crippen molar-refractivity contribution in [3.8, 4) is 0 Å². The molecule has 0 bridgehead atoms. The fourth-order valence-corrected chi connectivity index (χ4v) is 2.00. The summed E-state index contributed by atoms with van der Waals surface area (Å²) in [6.07, 6.45) is 1.64. The predicted molar refractivity (Wildman–Crippen MR) is 58.6 cm³/mol. The number of imide groups is 1. The first-order valence-electron chi connectivity index (χ1n) is 5.44. The number of hydrogen-bond acceptors (Lipinski definition) is 4. The van der Waals surface area contributed by atoms with Crippen molar-refractivity contribution in [2.75, 3.05) is 13.1 Å². The Morgan fingerprint density at radius 1 is 1.56 bits per heavy atom. The minimum absolute atomic E-state index is 0.425. The van der Waals surface area contributed by atoms with E-state index in [1.807, 2.05) is 17.1 Å². The molecule has 6 heteroatoms. The number of carbonyl (C=O) groups excluding carboxylic acids is 2. The van der Waals surface area contributed by atoms with Crippen LogP contribution in [0.15, 0.2) is 0 Å². The number of nitrogens with one attached hydrogen (secondary N) is 1. The average Bonchev–Trinajstić information content (AvgIpc) is 2.12. The van der Waals surface area contributed by atoms with E-state index in [2.05, 4.69) is 0 Å². The highest BCUT2D eigenvalue weighted by Gasteiger charge is 2.43. The zero-order valence-corrected chi connectivity index (χ0v) is 9.69. The van der Waals surface area contributed by atoms with Crippen LogP contribution in [0.5, 0.6) is 0 Å². The summed E-state index contributed by atoms with van der Waals surface area (Å²) in [4.78, 5) is 23.7. The van der Waals surface area contributed by atoms with Crippen molar-refractivity contribution in [3.05, 3.63) is 0 Å². The fourth-order valence-electron chi connectivity index (χ4n) is 2.00. The first kappa shape index (κ1) is 12.9. The van der Waals surface area contributed by atoms with E-state index in [1.165, 1.54) is 0 Å². The number of hydrogen-bond donors (Lipinski definition) is 3. The van der Waals surface area contributed by atoms with Gasteiger partial charge in [-0.25, -0.2) is 4.79 Å². The molecule has 6 nitrogen and oxygen atoms in total. The lowest BCUT2D eigenvalue weighted by Gasteiger charge is -2.48. The third-order valence-corrected chi connectivity index (χ3v) is 2.88. The molecule has 1 heterocycles. The fraction of sp³-hybridized carbons (Fsp3) is 0.800. The van der Waals surface area contributed by atoms with Crippen molar-refractivity contribution >= 4 is 11.9 Å². The smallest absolute Gasteiger partial charge is 0.318 e. The minimum Gasteiger partial charge on any atom is -0.387 e. The minimum atomic E-state index is -0.846. The van der Waals surface area contributed by atoms with Gasteiger partial charge in [0.1, 0.15) is 0 Å². The number of aliphatic hydroxyl groups is 1. The highest BCUT2D eigenvalue weighted by Crippen LogP contribution is 2.27. The number of primary amides is 1. The average molecular weight is 229 g/mol. The van der Waals surface area contributed by atoms with E-state index < -0.39 is 23.6 Å². The summed E-state index contributed by atoms with van der Waals surface area (Å²) in [5.74, 6) is -0.425. The van der Waals surface area contributed by atoms with Gasteiger partial charge in [0, 0.05) is 13.1 Å². The second-order valence-electron chi connectivity index (χ2n) is 4.41. The molecule has 0 aromatic heterocycles. The van der Waals surface area contributed by atoms with Crippen LogP contribution in [0.2, 0.25) is 0 Å². The van der Waals surface area contributed by atoms with Crippen LogP contribution < -0.4 is 11.1 Å². The number of amides is 3. The zero-order valence-electron chi connectivity index (χ0n) is 9.69. The topological polar surface area (TPSA) is 95.7 Å². The van der Waals surface area contributed by atoms with E-state index in [-0.39, 0.29) is 0 Å². The highest BCUT2D eigenvalue weighted by atomic mass is 16.3. The number of urea groups is 1. The van der Waals surface area contributed by atoms with Crippen LogP contribution >= 0.6 is 0 Å². The van der Waals surface area contributed by atoms with Gasteiger partial charge < -0.3 is 10.8 Å². The third kappa shape index (κ3) is 2.93. The molecule has 0 aromatic rings. The van der Waals surface area contributed by atoms with Crippen molar-refractivity contribution in [3.63, 3.8) is 0 Å². The normalized spacial score (nSPS) is 20.9. The number of β-amino-alcohol motifs (C(OH)–C–C–N with tert-alkyl or cyclic N) is 1. The molecular weight excluding hydrogens is 210 g/mol. The van der Waals surface area contributed by atoms with Gasteiger partial charge in [-0.2, -0.15) is 0 Å². The third-order valence-electron chi connectivity index (χ3n) is 2.88. The second kappa shape index (κ2) is 4.80. The van der Waals surface area contributed by atoms with Crippen LogP contribution in [-0.4, -0.2) is 46.7 Å². The lowest BCUT2D eigenvalue weighted by atomic mass is 9.88. The summed E-state index contributed by atoms with van der Waals surface area (Å²) >= 11 is 0. The lowest BCUT2D eigenvalue weighted by molar-refractivity contribution is -0.142. The maximum absolute atomic E-state index is 11.4. The Hall–Kier alpha value is -1.14. The quantitative estimate of drug-likeness (QED) is 0.600. The number of likely N-dealkylation sites (tertiary alicyclic amines) is 1. The van der Waals surface area contributed by atoms with E-state index in [0.717, 1.165) is 12.8 Å². The SMILES string of the molecule is CCCC1(O)CN(C(C)C(=O)NC(N)=O)C1. The Morgan fingerprint density at radius 3 is 2.56 bits per heavy atom. The first-order valence-corrected chi connectivity index (χ1v) is 5.44. The van der Waals surface area contributed by atoms with Gasteiger partial charge in [0.05, 0.1) is 11.6 Å². The van der Waals surface area contributed by atoms with Crippen molar-refractivity contribution in [1.29, 1.82) is 0 Å². The summed E-state index contributed by atoms with van der Waals surface area (Å²) in [5.41, 5.74) is 4.18. The van der Waals surface area contributed by atoms with Gasteiger partial charge in [-0.1, -0.05) is 13.3 Å². The molecule has 0 radical (unpaired) electrons. The molecule has 1 aliphatic heterocycles. The monoisotopic (exact) mass is 229 g/mol. The molecule has 1 saturated heterocycles. The Kier molecular flexibility index (Phi) is 3.88. The van der Waals surface area contributed by atoms with Gasteiger partial charge in [-0.05, 0) is 13.3 Å². The molecule has 16 heavy (non-hydrogen) atoms. The van der Waals surface area contributed by atoms with E-state index in [1.54, 1.807) is 6.92 Å². The maximum atomic E-state index is 11.4. The van der Waals surface area contributed by atoms with Gasteiger partial charge >= 0.3 is 6.03 Å². The zero-order chi connectivity index (χ0) is 12.3. The van der Waals surface area contributed by atoms with Crippen molar-refractivity contribution < 1.29 is 14.7 Å². The molecule has 4 N–H and O–H groups in total. The Labute approximate surface area is 94.8 Å². The molecular formula is C10H19N3O3. The van der Waals surface area contributed by atoms with Crippen LogP contribution in [0.1, 0.15) is 26.7 Å². The molecule has 1 aliphatic rings. The summed E-state index contributed by atoms with van der Waals surface area (Å²) in [5, 5.41) is 12.0. The highest BCUT2D eigenvalue weighted by molar-refractivity contribution is 5.96. The lowest BCUT2D eigenvalue weighted by Crippen LogP contribution is -2.66. The number of nitrogens with zero attached hydrogens (tertiary/aromatic N) is 1. The molecule has 92 valence electrons. The largest absolute Gasteiger partial charge is 0.387 e. The van der Waals surface area contributed by atoms with E-state index in [0.29, 0.717) is 13.1 Å². The molecule has 1 fully saturated rings. The van der Waals surface area contributed by atoms with Crippen LogP contribution in [-0.2, 0) is 4.79 Å². The Morgan fingerprint density at radius 2 is 2.12 bits per heavy atom. The van der Waals surface area contributed by atoms with Crippen molar-refractivity contribution in [2.45, 2.75) is 38.3 Å². The molecule has 0 aromatic carbocycles. The van der Waals surface area contributed by atoms with Crippen LogP contribution in [0.25, 0.3) is 0 Å². The Balaban J connectivity index is 2.39.